The number of ether oxygens (including phenoxy) is 2. The summed E-state index contributed by atoms with van der Waals surface area (Å²) in [6.07, 6.45) is 2.82. The van der Waals surface area contributed by atoms with E-state index in [4.69, 9.17) is 9.47 Å². The lowest BCUT2D eigenvalue weighted by atomic mass is 10.3. The molecule has 134 valence electrons. The normalized spacial score (nSPS) is 18.3. The Morgan fingerprint density at radius 3 is 2.68 bits per heavy atom. The average Bonchev–Trinajstić information content (AvgIpc) is 3.06. The Balaban J connectivity index is 1.72. The minimum atomic E-state index is -3.93. The lowest BCUT2D eigenvalue weighted by molar-refractivity contribution is 0.203. The second-order valence-electron chi connectivity index (χ2n) is 5.37. The highest BCUT2D eigenvalue weighted by Crippen LogP contribution is 2.24. The predicted molar refractivity (Wildman–Crippen MR) is 82.7 cm³/mol. The van der Waals surface area contributed by atoms with Gasteiger partial charge >= 0.3 is 0 Å². The van der Waals surface area contributed by atoms with Crippen LogP contribution in [0.2, 0.25) is 0 Å². The molecular formula is C15H15F2N3O4S. The highest BCUT2D eigenvalue weighted by Gasteiger charge is 2.34. The number of benzene rings is 1. The van der Waals surface area contributed by atoms with Crippen LogP contribution in [-0.2, 0) is 10.0 Å². The Kier molecular flexibility index (Phi) is 4.82. The largest absolute Gasteiger partial charge is 0.480 e. The van der Waals surface area contributed by atoms with Gasteiger partial charge in [-0.05, 0) is 24.6 Å². The van der Waals surface area contributed by atoms with Gasteiger partial charge in [-0.2, -0.15) is 9.29 Å². The van der Waals surface area contributed by atoms with Gasteiger partial charge in [0.15, 0.2) is 11.6 Å². The quantitative estimate of drug-likeness (QED) is 0.794. The zero-order valence-corrected chi connectivity index (χ0v) is 14.0. The number of aromatic nitrogens is 2. The van der Waals surface area contributed by atoms with Gasteiger partial charge in [-0.25, -0.2) is 17.2 Å². The van der Waals surface area contributed by atoms with E-state index in [-0.39, 0.29) is 29.7 Å². The molecule has 10 heteroatoms. The van der Waals surface area contributed by atoms with Crippen molar-refractivity contribution < 1.29 is 26.7 Å². The van der Waals surface area contributed by atoms with E-state index in [2.05, 4.69) is 9.97 Å². The molecule has 1 aliphatic rings. The van der Waals surface area contributed by atoms with E-state index in [1.807, 2.05) is 0 Å². The first-order valence-corrected chi connectivity index (χ1v) is 8.82. The fourth-order valence-electron chi connectivity index (χ4n) is 2.46. The summed E-state index contributed by atoms with van der Waals surface area (Å²) in [7, 11) is -2.49. The molecule has 0 amide bonds. The van der Waals surface area contributed by atoms with Crippen molar-refractivity contribution in [1.29, 1.82) is 0 Å². The molecule has 1 aromatic heterocycles. The fourth-order valence-corrected chi connectivity index (χ4v) is 3.95. The maximum Gasteiger partial charge on any atom is 0.243 e. The number of hydrogen-bond donors (Lipinski definition) is 0. The SMILES string of the molecule is COc1cncc(OC2CCN(S(=O)(=O)c3ccc(F)c(F)c3)C2)n1. The molecule has 7 nitrogen and oxygen atoms in total. The summed E-state index contributed by atoms with van der Waals surface area (Å²) in [4.78, 5) is 7.67. The van der Waals surface area contributed by atoms with E-state index < -0.39 is 27.8 Å². The van der Waals surface area contributed by atoms with Crippen molar-refractivity contribution in [3.8, 4) is 11.8 Å². The van der Waals surface area contributed by atoms with Crippen LogP contribution in [0.5, 0.6) is 11.8 Å². The third-order valence-corrected chi connectivity index (χ3v) is 5.58. The van der Waals surface area contributed by atoms with Crippen molar-refractivity contribution in [1.82, 2.24) is 14.3 Å². The van der Waals surface area contributed by atoms with Crippen LogP contribution in [0.25, 0.3) is 0 Å². The second-order valence-corrected chi connectivity index (χ2v) is 7.31. The van der Waals surface area contributed by atoms with Crippen LogP contribution in [-0.4, -0.2) is 49.0 Å². The van der Waals surface area contributed by atoms with Gasteiger partial charge in [0.1, 0.15) is 6.10 Å². The summed E-state index contributed by atoms with van der Waals surface area (Å²) in [5.41, 5.74) is 0. The molecule has 0 spiro atoms. The van der Waals surface area contributed by atoms with Crippen molar-refractivity contribution in [3.63, 3.8) is 0 Å². The Bertz CT molecular complexity index is 879. The van der Waals surface area contributed by atoms with Gasteiger partial charge in [0, 0.05) is 6.54 Å². The van der Waals surface area contributed by atoms with Crippen LogP contribution in [0.4, 0.5) is 8.78 Å². The van der Waals surface area contributed by atoms with Crippen molar-refractivity contribution in [3.05, 3.63) is 42.2 Å². The Hall–Kier alpha value is -2.33. The van der Waals surface area contributed by atoms with Crippen molar-refractivity contribution >= 4 is 10.0 Å². The highest BCUT2D eigenvalue weighted by molar-refractivity contribution is 7.89. The molecule has 1 aliphatic heterocycles. The molecule has 1 saturated heterocycles. The van der Waals surface area contributed by atoms with Crippen LogP contribution < -0.4 is 9.47 Å². The van der Waals surface area contributed by atoms with Crippen LogP contribution in [0, 0.1) is 11.6 Å². The topological polar surface area (TPSA) is 81.6 Å². The number of nitrogens with zero attached hydrogens (tertiary/aromatic N) is 3. The highest BCUT2D eigenvalue weighted by atomic mass is 32.2. The summed E-state index contributed by atoms with van der Waals surface area (Å²) in [5, 5.41) is 0. The summed E-state index contributed by atoms with van der Waals surface area (Å²) < 4.78 is 63.1. The molecule has 1 aromatic carbocycles. The van der Waals surface area contributed by atoms with Gasteiger partial charge in [-0.1, -0.05) is 0 Å². The molecule has 3 rings (SSSR count). The zero-order valence-electron chi connectivity index (χ0n) is 13.2. The average molecular weight is 371 g/mol. The molecular weight excluding hydrogens is 356 g/mol. The molecule has 2 heterocycles. The van der Waals surface area contributed by atoms with E-state index in [0.717, 1.165) is 16.4 Å². The van der Waals surface area contributed by atoms with Gasteiger partial charge in [-0.15, -0.1) is 0 Å². The third-order valence-electron chi connectivity index (χ3n) is 3.72. The smallest absolute Gasteiger partial charge is 0.243 e. The van der Waals surface area contributed by atoms with E-state index in [9.17, 15) is 17.2 Å². The molecule has 0 aliphatic carbocycles. The van der Waals surface area contributed by atoms with Crippen molar-refractivity contribution in [2.45, 2.75) is 17.4 Å². The van der Waals surface area contributed by atoms with Gasteiger partial charge < -0.3 is 9.47 Å². The molecule has 2 aromatic rings. The number of halogens is 2. The van der Waals surface area contributed by atoms with Gasteiger partial charge in [0.2, 0.25) is 21.8 Å². The molecule has 1 unspecified atom stereocenters. The number of methoxy groups -OCH3 is 1. The Labute approximate surface area is 143 Å². The van der Waals surface area contributed by atoms with Gasteiger partial charge in [-0.3, -0.25) is 4.98 Å². The first-order chi connectivity index (χ1) is 11.9. The molecule has 0 saturated carbocycles. The minimum Gasteiger partial charge on any atom is -0.480 e. The lowest BCUT2D eigenvalue weighted by Gasteiger charge is -2.17. The van der Waals surface area contributed by atoms with E-state index in [1.54, 1.807) is 0 Å². The first kappa shape index (κ1) is 17.5. The maximum absolute atomic E-state index is 13.3. The van der Waals surface area contributed by atoms with E-state index in [1.165, 1.54) is 19.5 Å². The molecule has 1 fully saturated rings. The van der Waals surface area contributed by atoms with Crippen LogP contribution in [0.3, 0.4) is 0 Å². The standard InChI is InChI=1S/C15H15F2N3O4S/c1-23-14-7-18-8-15(19-14)24-10-4-5-20(9-10)25(21,22)11-2-3-12(16)13(17)6-11/h2-3,6-8,10H,4-5,9H2,1H3. The van der Waals surface area contributed by atoms with Crippen LogP contribution >= 0.6 is 0 Å². The molecule has 0 N–H and O–H groups in total. The lowest BCUT2D eigenvalue weighted by Crippen LogP contribution is -2.31. The summed E-state index contributed by atoms with van der Waals surface area (Å²) in [5.74, 6) is -1.81. The van der Waals surface area contributed by atoms with Crippen molar-refractivity contribution in [2.75, 3.05) is 20.2 Å². The van der Waals surface area contributed by atoms with Gasteiger partial charge in [0.05, 0.1) is 30.9 Å². The summed E-state index contributed by atoms with van der Waals surface area (Å²) in [6, 6.07) is 2.50. The number of rotatable bonds is 5. The molecule has 0 radical (unpaired) electrons. The fraction of sp³-hybridized carbons (Fsp3) is 0.333. The van der Waals surface area contributed by atoms with Crippen LogP contribution in [0.15, 0.2) is 35.5 Å². The monoisotopic (exact) mass is 371 g/mol. The van der Waals surface area contributed by atoms with E-state index >= 15 is 0 Å². The maximum atomic E-state index is 13.3. The molecule has 0 bridgehead atoms. The predicted octanol–water partition coefficient (Wildman–Crippen LogP) is 1.61. The zero-order chi connectivity index (χ0) is 18.0. The summed E-state index contributed by atoms with van der Waals surface area (Å²) in [6.45, 7) is 0.267. The molecule has 1 atom stereocenters. The molecule has 25 heavy (non-hydrogen) atoms. The first-order valence-electron chi connectivity index (χ1n) is 7.38. The van der Waals surface area contributed by atoms with Crippen molar-refractivity contribution in [2.24, 2.45) is 0 Å². The van der Waals surface area contributed by atoms with Crippen LogP contribution in [0.1, 0.15) is 6.42 Å². The minimum absolute atomic E-state index is 0.0697. The summed E-state index contributed by atoms with van der Waals surface area (Å²) >= 11 is 0. The number of hydrogen-bond acceptors (Lipinski definition) is 6. The van der Waals surface area contributed by atoms with E-state index in [0.29, 0.717) is 12.5 Å². The number of sulfonamides is 1. The third kappa shape index (κ3) is 3.69. The second kappa shape index (κ2) is 6.89. The Morgan fingerprint density at radius 2 is 1.96 bits per heavy atom. The Morgan fingerprint density at radius 1 is 1.20 bits per heavy atom. The van der Waals surface area contributed by atoms with Gasteiger partial charge in [0.25, 0.3) is 0 Å².